The number of nitrogens with zero attached hydrogens (tertiary/aromatic N) is 4. The van der Waals surface area contributed by atoms with Crippen LogP contribution in [0.4, 0.5) is 0 Å². The third-order valence-electron chi connectivity index (χ3n) is 5.55. The van der Waals surface area contributed by atoms with Crippen LogP contribution in [0, 0.1) is 0 Å². The molecule has 2 aliphatic heterocycles. The summed E-state index contributed by atoms with van der Waals surface area (Å²) in [4.78, 5) is 21.0. The van der Waals surface area contributed by atoms with Crippen molar-refractivity contribution >= 4 is 5.91 Å². The Kier molecular flexibility index (Phi) is 5.03. The van der Waals surface area contributed by atoms with Gasteiger partial charge in [0.1, 0.15) is 0 Å². The molecule has 0 spiro atoms. The van der Waals surface area contributed by atoms with Gasteiger partial charge in [0.2, 0.25) is 11.8 Å². The van der Waals surface area contributed by atoms with Crippen molar-refractivity contribution in [3.8, 4) is 0 Å². The highest BCUT2D eigenvalue weighted by Crippen LogP contribution is 2.38. The second kappa shape index (κ2) is 7.41. The van der Waals surface area contributed by atoms with Gasteiger partial charge < -0.3 is 14.2 Å². The summed E-state index contributed by atoms with van der Waals surface area (Å²) in [6, 6.07) is 0.226. The SMILES string of the molecule is CC(=O)N(Cc1noc(C2CC2)n1)[C@H]1CCN(C[C@H]2CCCCO2)C1. The smallest absolute Gasteiger partial charge is 0.229 e. The number of aromatic nitrogens is 2. The molecule has 1 aromatic rings. The minimum atomic E-state index is 0.0820. The van der Waals surface area contributed by atoms with E-state index in [1.54, 1.807) is 6.92 Å². The molecule has 2 saturated heterocycles. The molecule has 3 heterocycles. The lowest BCUT2D eigenvalue weighted by Crippen LogP contribution is -2.42. The highest BCUT2D eigenvalue weighted by atomic mass is 16.5. The lowest BCUT2D eigenvalue weighted by Gasteiger charge is -2.29. The Morgan fingerprint density at radius 2 is 2.16 bits per heavy atom. The van der Waals surface area contributed by atoms with E-state index in [0.717, 1.165) is 57.8 Å². The van der Waals surface area contributed by atoms with Crippen molar-refractivity contribution in [2.45, 2.75) is 70.1 Å². The van der Waals surface area contributed by atoms with Crippen LogP contribution in [0.25, 0.3) is 0 Å². The highest BCUT2D eigenvalue weighted by molar-refractivity contribution is 5.73. The second-order valence-corrected chi connectivity index (χ2v) is 7.66. The molecule has 1 amide bonds. The zero-order valence-electron chi connectivity index (χ0n) is 15.0. The molecule has 1 aliphatic carbocycles. The summed E-state index contributed by atoms with van der Waals surface area (Å²) in [7, 11) is 0. The number of hydrogen-bond acceptors (Lipinski definition) is 6. The van der Waals surface area contributed by atoms with Crippen LogP contribution in [0.15, 0.2) is 4.52 Å². The molecule has 1 saturated carbocycles. The van der Waals surface area contributed by atoms with E-state index in [0.29, 0.717) is 24.4 Å². The van der Waals surface area contributed by atoms with Gasteiger partial charge in [-0.25, -0.2) is 0 Å². The van der Waals surface area contributed by atoms with Crippen molar-refractivity contribution < 1.29 is 14.1 Å². The maximum atomic E-state index is 12.2. The summed E-state index contributed by atoms with van der Waals surface area (Å²) in [5, 5.41) is 4.07. The molecule has 7 heteroatoms. The molecule has 0 N–H and O–H groups in total. The van der Waals surface area contributed by atoms with Crippen molar-refractivity contribution in [3.05, 3.63) is 11.7 Å². The van der Waals surface area contributed by atoms with Crippen molar-refractivity contribution in [1.29, 1.82) is 0 Å². The fraction of sp³-hybridized carbons (Fsp3) is 0.833. The third kappa shape index (κ3) is 4.20. The predicted octanol–water partition coefficient (Wildman–Crippen LogP) is 1.94. The van der Waals surface area contributed by atoms with Gasteiger partial charge in [0, 0.05) is 45.1 Å². The molecule has 0 aromatic carbocycles. The van der Waals surface area contributed by atoms with Gasteiger partial charge in [-0.1, -0.05) is 5.16 Å². The number of carbonyl (C=O) groups excluding carboxylic acids is 1. The van der Waals surface area contributed by atoms with E-state index in [2.05, 4.69) is 15.0 Å². The van der Waals surface area contributed by atoms with Gasteiger partial charge >= 0.3 is 0 Å². The number of amides is 1. The van der Waals surface area contributed by atoms with Gasteiger partial charge in [-0.3, -0.25) is 9.69 Å². The maximum Gasteiger partial charge on any atom is 0.229 e. The molecule has 7 nitrogen and oxygen atoms in total. The summed E-state index contributed by atoms with van der Waals surface area (Å²) in [6.45, 7) is 5.89. The maximum absolute atomic E-state index is 12.2. The Balaban J connectivity index is 1.33. The molecule has 4 rings (SSSR count). The molecule has 0 bridgehead atoms. The van der Waals surface area contributed by atoms with Crippen molar-refractivity contribution in [3.63, 3.8) is 0 Å². The lowest BCUT2D eigenvalue weighted by atomic mass is 10.1. The standard InChI is InChI=1S/C18H28N4O3/c1-13(23)22(12-17-19-18(25-20-17)14-5-6-14)15-7-8-21(10-15)11-16-4-2-3-9-24-16/h14-16H,2-12H2,1H3/t15-,16+/m0/s1. The largest absolute Gasteiger partial charge is 0.377 e. The van der Waals surface area contributed by atoms with Crippen LogP contribution < -0.4 is 0 Å². The van der Waals surface area contributed by atoms with Gasteiger partial charge in [-0.05, 0) is 38.5 Å². The summed E-state index contributed by atoms with van der Waals surface area (Å²) >= 11 is 0. The number of likely N-dealkylation sites (tertiary alicyclic amines) is 1. The number of hydrogen-bond donors (Lipinski definition) is 0. The first-order valence-corrected chi connectivity index (χ1v) is 9.62. The summed E-state index contributed by atoms with van der Waals surface area (Å²) < 4.78 is 11.2. The first kappa shape index (κ1) is 17.0. The quantitative estimate of drug-likeness (QED) is 0.782. The van der Waals surface area contributed by atoms with Crippen LogP contribution >= 0.6 is 0 Å². The van der Waals surface area contributed by atoms with Crippen LogP contribution in [0.1, 0.15) is 63.1 Å². The Morgan fingerprint density at radius 3 is 2.88 bits per heavy atom. The predicted molar refractivity (Wildman–Crippen MR) is 90.9 cm³/mol. The molecule has 0 unspecified atom stereocenters. The average Bonchev–Trinajstić information content (AvgIpc) is 3.18. The van der Waals surface area contributed by atoms with Gasteiger partial charge in [0.25, 0.3) is 0 Å². The Hall–Kier alpha value is -1.47. The van der Waals surface area contributed by atoms with Crippen molar-refractivity contribution in [1.82, 2.24) is 19.9 Å². The molecule has 3 fully saturated rings. The fourth-order valence-electron chi connectivity index (χ4n) is 3.95. The minimum absolute atomic E-state index is 0.0820. The average molecular weight is 348 g/mol. The fourth-order valence-corrected chi connectivity index (χ4v) is 3.95. The van der Waals surface area contributed by atoms with Crippen LogP contribution in [-0.4, -0.2) is 64.2 Å². The molecule has 138 valence electrons. The van der Waals surface area contributed by atoms with E-state index >= 15 is 0 Å². The molecular weight excluding hydrogens is 320 g/mol. The normalized spacial score (nSPS) is 27.6. The first-order chi connectivity index (χ1) is 12.2. The minimum Gasteiger partial charge on any atom is -0.377 e. The second-order valence-electron chi connectivity index (χ2n) is 7.66. The zero-order valence-corrected chi connectivity index (χ0v) is 15.0. The van der Waals surface area contributed by atoms with E-state index in [4.69, 9.17) is 9.26 Å². The van der Waals surface area contributed by atoms with E-state index in [9.17, 15) is 4.79 Å². The van der Waals surface area contributed by atoms with E-state index < -0.39 is 0 Å². The molecule has 25 heavy (non-hydrogen) atoms. The number of rotatable bonds is 6. The van der Waals surface area contributed by atoms with Gasteiger partial charge in [-0.2, -0.15) is 4.98 Å². The lowest BCUT2D eigenvalue weighted by molar-refractivity contribution is -0.131. The topological polar surface area (TPSA) is 71.7 Å². The zero-order chi connectivity index (χ0) is 17.2. The Labute approximate surface area is 148 Å². The van der Waals surface area contributed by atoms with Crippen LogP contribution in [0.5, 0.6) is 0 Å². The van der Waals surface area contributed by atoms with Crippen molar-refractivity contribution in [2.75, 3.05) is 26.2 Å². The van der Waals surface area contributed by atoms with Crippen molar-refractivity contribution in [2.24, 2.45) is 0 Å². The molecule has 0 radical (unpaired) electrons. The van der Waals surface area contributed by atoms with E-state index in [1.165, 1.54) is 12.8 Å². The summed E-state index contributed by atoms with van der Waals surface area (Å²) in [6.07, 6.45) is 7.24. The number of ether oxygens (including phenoxy) is 1. The van der Waals surface area contributed by atoms with Gasteiger partial charge in [0.15, 0.2) is 5.82 Å². The molecule has 1 aromatic heterocycles. The Bertz CT molecular complexity index is 595. The molecular formula is C18H28N4O3. The highest BCUT2D eigenvalue weighted by Gasteiger charge is 2.33. The summed E-state index contributed by atoms with van der Waals surface area (Å²) in [5.41, 5.74) is 0. The van der Waals surface area contributed by atoms with Gasteiger partial charge in [0.05, 0.1) is 12.6 Å². The van der Waals surface area contributed by atoms with Crippen LogP contribution in [0.3, 0.4) is 0 Å². The first-order valence-electron chi connectivity index (χ1n) is 9.62. The monoisotopic (exact) mass is 348 g/mol. The van der Waals surface area contributed by atoms with E-state index in [-0.39, 0.29) is 11.9 Å². The van der Waals surface area contributed by atoms with E-state index in [1.807, 2.05) is 4.90 Å². The molecule has 2 atom stereocenters. The Morgan fingerprint density at radius 1 is 1.28 bits per heavy atom. The molecule has 3 aliphatic rings. The third-order valence-corrected chi connectivity index (χ3v) is 5.55. The summed E-state index contributed by atoms with van der Waals surface area (Å²) in [5.74, 6) is 1.90. The van der Waals surface area contributed by atoms with Gasteiger partial charge in [-0.15, -0.1) is 0 Å². The van der Waals surface area contributed by atoms with Crippen LogP contribution in [-0.2, 0) is 16.1 Å². The number of carbonyl (C=O) groups is 1. The van der Waals surface area contributed by atoms with Crippen LogP contribution in [0.2, 0.25) is 0 Å².